The van der Waals surface area contributed by atoms with Gasteiger partial charge in [0, 0.05) is 0 Å². The molecule has 0 spiro atoms. The molecule has 1 aromatic rings. The number of hydrogen-bond donors (Lipinski definition) is 0. The van der Waals surface area contributed by atoms with Crippen LogP contribution in [0.25, 0.3) is 0 Å². The summed E-state index contributed by atoms with van der Waals surface area (Å²) in [6, 6.07) is 3.77. The van der Waals surface area contributed by atoms with E-state index in [-0.39, 0.29) is 5.78 Å². The Morgan fingerprint density at radius 2 is 2.27 bits per heavy atom. The topological polar surface area (TPSA) is 54.0 Å². The van der Waals surface area contributed by atoms with Crippen LogP contribution >= 0.6 is 0 Å². The van der Waals surface area contributed by atoms with Gasteiger partial charge >= 0.3 is 0 Å². The van der Waals surface area contributed by atoms with Crippen molar-refractivity contribution in [3.8, 4) is 6.07 Å². The molecule has 0 aliphatic heterocycles. The van der Waals surface area contributed by atoms with E-state index in [1.54, 1.807) is 13.0 Å². The SMILES string of the molecule is Cc1ccoc1C(=O)C(C#N)CC(C)C. The molecule has 0 aliphatic carbocycles. The lowest BCUT2D eigenvalue weighted by Gasteiger charge is -2.09. The van der Waals surface area contributed by atoms with Crippen molar-refractivity contribution in [3.63, 3.8) is 0 Å². The standard InChI is InChI=1S/C12H15NO2/c1-8(2)6-10(7-13)11(14)12-9(3)4-5-15-12/h4-5,8,10H,6H2,1-3H3. The van der Waals surface area contributed by atoms with Crippen molar-refractivity contribution in [2.75, 3.05) is 0 Å². The first-order chi connectivity index (χ1) is 7.06. The van der Waals surface area contributed by atoms with Crippen LogP contribution in [0.2, 0.25) is 0 Å². The Hall–Kier alpha value is -1.56. The smallest absolute Gasteiger partial charge is 0.215 e. The van der Waals surface area contributed by atoms with Crippen LogP contribution in [0.15, 0.2) is 16.7 Å². The molecular weight excluding hydrogens is 190 g/mol. The van der Waals surface area contributed by atoms with Crippen LogP contribution in [0, 0.1) is 30.1 Å². The molecule has 1 aromatic heterocycles. The average molecular weight is 205 g/mol. The Labute approximate surface area is 89.7 Å². The van der Waals surface area contributed by atoms with Gasteiger partial charge in [0.25, 0.3) is 0 Å². The minimum atomic E-state index is -0.588. The number of nitrogens with zero attached hydrogens (tertiary/aromatic N) is 1. The monoisotopic (exact) mass is 205 g/mol. The fraction of sp³-hybridized carbons (Fsp3) is 0.500. The van der Waals surface area contributed by atoms with Gasteiger partial charge in [0.2, 0.25) is 5.78 Å². The second kappa shape index (κ2) is 4.79. The van der Waals surface area contributed by atoms with Crippen molar-refractivity contribution in [1.82, 2.24) is 0 Å². The fourth-order valence-corrected chi connectivity index (χ4v) is 1.47. The summed E-state index contributed by atoms with van der Waals surface area (Å²) in [6.45, 7) is 5.79. The Bertz CT molecular complexity index is 385. The molecule has 0 aliphatic rings. The Morgan fingerprint density at radius 1 is 1.60 bits per heavy atom. The zero-order valence-electron chi connectivity index (χ0n) is 9.28. The highest BCUT2D eigenvalue weighted by molar-refractivity contribution is 5.98. The lowest BCUT2D eigenvalue weighted by Crippen LogP contribution is -2.15. The van der Waals surface area contributed by atoms with Crippen molar-refractivity contribution in [2.45, 2.75) is 27.2 Å². The molecule has 0 saturated heterocycles. The van der Waals surface area contributed by atoms with Crippen LogP contribution in [0.1, 0.15) is 36.4 Å². The maximum Gasteiger partial charge on any atom is 0.215 e. The molecule has 1 atom stereocenters. The number of carbonyl (C=O) groups excluding carboxylic acids is 1. The lowest BCUT2D eigenvalue weighted by molar-refractivity contribution is 0.0908. The number of hydrogen-bond acceptors (Lipinski definition) is 3. The summed E-state index contributed by atoms with van der Waals surface area (Å²) in [5.41, 5.74) is 0.795. The molecular formula is C12H15NO2. The number of nitriles is 1. The van der Waals surface area contributed by atoms with Gasteiger partial charge < -0.3 is 4.42 Å². The highest BCUT2D eigenvalue weighted by Crippen LogP contribution is 2.19. The van der Waals surface area contributed by atoms with Crippen LogP contribution in [-0.4, -0.2) is 5.78 Å². The second-order valence-corrected chi connectivity index (χ2v) is 4.11. The predicted molar refractivity (Wildman–Crippen MR) is 56.3 cm³/mol. The molecule has 80 valence electrons. The third-order valence-corrected chi connectivity index (χ3v) is 2.27. The van der Waals surface area contributed by atoms with E-state index in [0.717, 1.165) is 5.56 Å². The number of Topliss-reactive ketones (excluding diaryl/α,β-unsaturated/α-hetero) is 1. The minimum absolute atomic E-state index is 0.200. The van der Waals surface area contributed by atoms with E-state index >= 15 is 0 Å². The molecule has 0 fully saturated rings. The van der Waals surface area contributed by atoms with Gasteiger partial charge in [-0.05, 0) is 30.9 Å². The zero-order chi connectivity index (χ0) is 11.4. The number of aryl methyl sites for hydroxylation is 1. The summed E-state index contributed by atoms with van der Waals surface area (Å²) in [5.74, 6) is -0.139. The molecule has 1 unspecified atom stereocenters. The van der Waals surface area contributed by atoms with Crippen LogP contribution in [0.4, 0.5) is 0 Å². The van der Waals surface area contributed by atoms with Gasteiger partial charge in [-0.3, -0.25) is 4.79 Å². The van der Waals surface area contributed by atoms with E-state index < -0.39 is 5.92 Å². The van der Waals surface area contributed by atoms with Gasteiger partial charge in [0.05, 0.1) is 12.3 Å². The molecule has 1 heterocycles. The first-order valence-corrected chi connectivity index (χ1v) is 5.04. The molecule has 3 nitrogen and oxygen atoms in total. The van der Waals surface area contributed by atoms with Crippen LogP contribution in [0.5, 0.6) is 0 Å². The van der Waals surface area contributed by atoms with Gasteiger partial charge in [-0.15, -0.1) is 0 Å². The molecule has 15 heavy (non-hydrogen) atoms. The quantitative estimate of drug-likeness (QED) is 0.710. The highest BCUT2D eigenvalue weighted by Gasteiger charge is 2.24. The largest absolute Gasteiger partial charge is 0.461 e. The molecule has 0 amide bonds. The summed E-state index contributed by atoms with van der Waals surface area (Å²) in [6.07, 6.45) is 2.06. The molecule has 0 N–H and O–H groups in total. The minimum Gasteiger partial charge on any atom is -0.461 e. The third kappa shape index (κ3) is 2.69. The van der Waals surface area contributed by atoms with E-state index in [2.05, 4.69) is 0 Å². The summed E-state index contributed by atoms with van der Waals surface area (Å²) < 4.78 is 5.09. The van der Waals surface area contributed by atoms with Crippen molar-refractivity contribution in [2.24, 2.45) is 11.8 Å². The van der Waals surface area contributed by atoms with E-state index in [1.807, 2.05) is 19.9 Å². The third-order valence-electron chi connectivity index (χ3n) is 2.27. The van der Waals surface area contributed by atoms with E-state index in [4.69, 9.17) is 9.68 Å². The average Bonchev–Trinajstić information content (AvgIpc) is 2.59. The van der Waals surface area contributed by atoms with Gasteiger partial charge in [-0.2, -0.15) is 5.26 Å². The van der Waals surface area contributed by atoms with Crippen molar-refractivity contribution >= 4 is 5.78 Å². The maximum atomic E-state index is 11.9. The van der Waals surface area contributed by atoms with Gasteiger partial charge in [-0.25, -0.2) is 0 Å². The molecule has 1 rings (SSSR count). The van der Waals surface area contributed by atoms with Crippen LogP contribution in [0.3, 0.4) is 0 Å². The summed E-state index contributed by atoms with van der Waals surface area (Å²) in [7, 11) is 0. The van der Waals surface area contributed by atoms with Crippen molar-refractivity contribution in [3.05, 3.63) is 23.7 Å². The Morgan fingerprint density at radius 3 is 2.67 bits per heavy atom. The van der Waals surface area contributed by atoms with Crippen LogP contribution in [-0.2, 0) is 0 Å². The summed E-state index contributed by atoms with van der Waals surface area (Å²) in [4.78, 5) is 11.9. The molecule has 0 aromatic carbocycles. The first kappa shape index (κ1) is 11.5. The first-order valence-electron chi connectivity index (χ1n) is 5.04. The molecule has 0 saturated carbocycles. The molecule has 3 heteroatoms. The fourth-order valence-electron chi connectivity index (χ4n) is 1.47. The van der Waals surface area contributed by atoms with Crippen LogP contribution < -0.4 is 0 Å². The Balaban J connectivity index is 2.84. The van der Waals surface area contributed by atoms with E-state index in [9.17, 15) is 4.79 Å². The molecule has 0 radical (unpaired) electrons. The zero-order valence-corrected chi connectivity index (χ0v) is 9.28. The van der Waals surface area contributed by atoms with Gasteiger partial charge in [0.1, 0.15) is 5.92 Å². The van der Waals surface area contributed by atoms with E-state index in [0.29, 0.717) is 18.1 Å². The predicted octanol–water partition coefficient (Wildman–Crippen LogP) is 2.96. The lowest BCUT2D eigenvalue weighted by atomic mass is 9.92. The highest BCUT2D eigenvalue weighted by atomic mass is 16.3. The number of ketones is 1. The number of furan rings is 1. The van der Waals surface area contributed by atoms with Crippen molar-refractivity contribution < 1.29 is 9.21 Å². The maximum absolute atomic E-state index is 11.9. The number of rotatable bonds is 4. The Kier molecular flexibility index (Phi) is 3.68. The van der Waals surface area contributed by atoms with Gasteiger partial charge in [0.15, 0.2) is 5.76 Å². The van der Waals surface area contributed by atoms with Crippen molar-refractivity contribution in [1.29, 1.82) is 5.26 Å². The normalized spacial score (nSPS) is 12.5. The number of carbonyl (C=O) groups is 1. The second-order valence-electron chi connectivity index (χ2n) is 4.11. The molecule has 0 bridgehead atoms. The summed E-state index contributed by atoms with van der Waals surface area (Å²) >= 11 is 0. The van der Waals surface area contributed by atoms with Gasteiger partial charge in [-0.1, -0.05) is 13.8 Å². The van der Waals surface area contributed by atoms with E-state index in [1.165, 1.54) is 6.26 Å². The summed E-state index contributed by atoms with van der Waals surface area (Å²) in [5, 5.41) is 8.92.